The van der Waals surface area contributed by atoms with Crippen LogP contribution in [0.2, 0.25) is 0 Å². The number of aliphatic hydroxyl groups is 2. The maximum absolute atomic E-state index is 9.76. The molecule has 2 N–H and O–H groups in total. The summed E-state index contributed by atoms with van der Waals surface area (Å²) in [6.07, 6.45) is -0.793. The molecule has 0 radical (unpaired) electrons. The van der Waals surface area contributed by atoms with Crippen molar-refractivity contribution in [2.24, 2.45) is 0 Å². The monoisotopic (exact) mass is 516 g/mol. The normalized spacial score (nSPS) is 26.1. The van der Waals surface area contributed by atoms with Gasteiger partial charge in [0, 0.05) is 51.0 Å². The van der Waals surface area contributed by atoms with Gasteiger partial charge in [-0.25, -0.2) is 0 Å². The molecule has 0 saturated carbocycles. The van der Waals surface area contributed by atoms with Crippen LogP contribution in [0.4, 0.5) is 0 Å². The van der Waals surface area contributed by atoms with Gasteiger partial charge in [-0.3, -0.25) is 9.80 Å². The number of nitrogens with zero attached hydrogens (tertiary/aromatic N) is 4. The van der Waals surface area contributed by atoms with E-state index in [0.29, 0.717) is 24.8 Å². The molecule has 176 valence electrons. The number of alkyl halides is 2. The summed E-state index contributed by atoms with van der Waals surface area (Å²) in [4.78, 5) is 4.74. The van der Waals surface area contributed by atoms with Gasteiger partial charge in [0.2, 0.25) is 0 Å². The molecule has 0 bridgehead atoms. The minimum absolute atomic E-state index is 0. The van der Waals surface area contributed by atoms with Crippen LogP contribution in [0.15, 0.2) is 0 Å². The van der Waals surface area contributed by atoms with Gasteiger partial charge in [0.05, 0.1) is 38.4 Å². The molecule has 3 heterocycles. The molecule has 0 aromatic heterocycles. The summed E-state index contributed by atoms with van der Waals surface area (Å²) in [5.41, 5.74) is 0. The van der Waals surface area contributed by atoms with E-state index in [1.54, 1.807) is 0 Å². The quantitative estimate of drug-likeness (QED) is 0.272. The van der Waals surface area contributed by atoms with Crippen LogP contribution in [0.25, 0.3) is 0 Å². The van der Waals surface area contributed by atoms with Crippen LogP contribution in [-0.4, -0.2) is 145 Å². The molecule has 3 aliphatic heterocycles. The molecule has 0 aromatic carbocycles. The zero-order valence-corrected chi connectivity index (χ0v) is 20.9. The molecule has 29 heavy (non-hydrogen) atoms. The number of piperazine rings is 3. The molecule has 3 aliphatic rings. The fourth-order valence-electron chi connectivity index (χ4n) is 4.89. The van der Waals surface area contributed by atoms with Crippen molar-refractivity contribution in [2.45, 2.75) is 12.2 Å². The molecule has 3 rings (SSSR count). The van der Waals surface area contributed by atoms with Gasteiger partial charge in [-0.05, 0) is 0 Å². The van der Waals surface area contributed by atoms with Gasteiger partial charge in [0.1, 0.15) is 26.2 Å². The zero-order chi connectivity index (χ0) is 18.6. The van der Waals surface area contributed by atoms with Crippen LogP contribution in [-0.2, 0) is 0 Å². The predicted molar refractivity (Wildman–Crippen MR) is 113 cm³/mol. The van der Waals surface area contributed by atoms with Gasteiger partial charge in [-0.15, -0.1) is 35.6 Å². The van der Waals surface area contributed by atoms with Gasteiger partial charge >= 0.3 is 0 Å². The number of hydrogen-bond acceptors (Lipinski definition) is 4. The van der Waals surface area contributed by atoms with E-state index in [0.717, 1.165) is 26.2 Å². The third kappa shape index (κ3) is 8.25. The Balaban J connectivity index is 0.00000261. The predicted octanol–water partition coefficient (Wildman–Crippen LogP) is -6.11. The van der Waals surface area contributed by atoms with Crippen molar-refractivity contribution in [2.75, 3.05) is 103 Å². The van der Waals surface area contributed by atoms with E-state index >= 15 is 0 Å². The van der Waals surface area contributed by atoms with E-state index in [2.05, 4.69) is 9.80 Å². The number of quaternary nitrogens is 2. The summed E-state index contributed by atoms with van der Waals surface area (Å²) < 4.78 is 2.53. The first-order valence-electron chi connectivity index (χ1n) is 10.1. The summed E-state index contributed by atoms with van der Waals surface area (Å²) in [6, 6.07) is 0. The highest BCUT2D eigenvalue weighted by atomic mass is 35.5. The van der Waals surface area contributed by atoms with Crippen molar-refractivity contribution in [3.8, 4) is 0 Å². The fraction of sp³-hybridized carbons (Fsp3) is 1.00. The number of aliphatic hydroxyl groups excluding tert-OH is 2. The van der Waals surface area contributed by atoms with Crippen molar-refractivity contribution in [1.29, 1.82) is 0 Å². The van der Waals surface area contributed by atoms with Crippen LogP contribution in [0, 0.1) is 0 Å². The van der Waals surface area contributed by atoms with Crippen molar-refractivity contribution < 1.29 is 44.0 Å². The van der Waals surface area contributed by atoms with E-state index in [-0.39, 0.29) is 37.2 Å². The second-order valence-electron chi connectivity index (χ2n) is 8.69. The molecule has 0 aliphatic carbocycles. The van der Waals surface area contributed by atoms with Crippen LogP contribution in [0.3, 0.4) is 0 Å². The second-order valence-corrected chi connectivity index (χ2v) is 9.31. The molecule has 3 saturated heterocycles. The first-order valence-corrected chi connectivity index (χ1v) is 11.2. The van der Waals surface area contributed by atoms with Crippen LogP contribution in [0.1, 0.15) is 0 Å². The Morgan fingerprint density at radius 3 is 1.14 bits per heavy atom. The second kappa shape index (κ2) is 13.7. The molecular weight excluding hydrogens is 481 g/mol. The lowest BCUT2D eigenvalue weighted by atomic mass is 10.1. The number of halogens is 5. The average molecular weight is 519 g/mol. The van der Waals surface area contributed by atoms with Gasteiger partial charge in [-0.2, -0.15) is 0 Å². The lowest BCUT2D eigenvalue weighted by Gasteiger charge is -2.54. The summed E-state index contributed by atoms with van der Waals surface area (Å²) in [6.45, 7) is 15.8. The first kappa shape index (κ1) is 30.2. The Bertz CT molecular complexity index is 398. The molecule has 2 spiro atoms. The maximum Gasteiger partial charge on any atom is 0.129 e. The Morgan fingerprint density at radius 1 is 0.621 bits per heavy atom. The molecule has 2 unspecified atom stereocenters. The van der Waals surface area contributed by atoms with E-state index in [1.807, 2.05) is 0 Å². The molecule has 3 fully saturated rings. The zero-order valence-electron chi connectivity index (χ0n) is 17.1. The molecule has 2 atom stereocenters. The highest BCUT2D eigenvalue weighted by Crippen LogP contribution is 2.24. The minimum Gasteiger partial charge on any atom is -1.00 e. The Kier molecular flexibility index (Phi) is 14.3. The lowest BCUT2D eigenvalue weighted by Crippen LogP contribution is -3.00. The summed E-state index contributed by atoms with van der Waals surface area (Å²) in [5, 5.41) is 19.5. The highest BCUT2D eigenvalue weighted by Gasteiger charge is 2.45. The van der Waals surface area contributed by atoms with Crippen LogP contribution >= 0.6 is 35.6 Å². The average Bonchev–Trinajstić information content (AvgIpc) is 2.68. The van der Waals surface area contributed by atoms with E-state index in [4.69, 9.17) is 23.2 Å². The van der Waals surface area contributed by atoms with Crippen LogP contribution < -0.4 is 24.8 Å². The van der Waals surface area contributed by atoms with Crippen molar-refractivity contribution in [1.82, 2.24) is 9.80 Å². The van der Waals surface area contributed by atoms with Crippen LogP contribution in [0.5, 0.6) is 0 Å². The van der Waals surface area contributed by atoms with Gasteiger partial charge in [-0.1, -0.05) is 0 Å². The molecule has 0 aromatic rings. The van der Waals surface area contributed by atoms with Crippen molar-refractivity contribution in [3.05, 3.63) is 0 Å². The third-order valence-corrected chi connectivity index (χ3v) is 7.67. The van der Waals surface area contributed by atoms with Crippen molar-refractivity contribution in [3.63, 3.8) is 0 Å². The molecule has 6 nitrogen and oxygen atoms in total. The Morgan fingerprint density at radius 2 is 0.897 bits per heavy atom. The topological polar surface area (TPSA) is 46.9 Å². The van der Waals surface area contributed by atoms with Gasteiger partial charge in [0.15, 0.2) is 0 Å². The van der Waals surface area contributed by atoms with E-state index in [9.17, 15) is 10.2 Å². The Hall–Kier alpha value is 1.21. The smallest absolute Gasteiger partial charge is 0.129 e. The molecule has 0 amide bonds. The third-order valence-electron chi connectivity index (χ3n) is 6.95. The van der Waals surface area contributed by atoms with Gasteiger partial charge in [0.25, 0.3) is 0 Å². The molecular formula is C18H37Cl5N4O2. The summed E-state index contributed by atoms with van der Waals surface area (Å²) in [5.74, 6) is 0.658. The number of β-amino-alcohol motifs (C(OH)–C–C–N with tert-alkyl or cyclic N) is 2. The molecule has 11 heteroatoms. The highest BCUT2D eigenvalue weighted by molar-refractivity contribution is 6.18. The van der Waals surface area contributed by atoms with Crippen molar-refractivity contribution >= 4 is 35.6 Å². The summed E-state index contributed by atoms with van der Waals surface area (Å²) in [7, 11) is 0. The number of hydrogen-bond donors (Lipinski definition) is 2. The van der Waals surface area contributed by atoms with Gasteiger partial charge < -0.3 is 44.0 Å². The largest absolute Gasteiger partial charge is 1.00 e. The lowest BCUT2D eigenvalue weighted by molar-refractivity contribution is -1.03. The standard InChI is InChI=1S/C18H36Cl2N4O2.3ClH/c19-13-17(25)15-21-1-5-23(6-2-21)9-11-24(12-10-23)7-3-22(4-8-24)16-18(26)14-20;;;/h17-18,25-26H,1-16H2;3*1H/q+2;;;/p-2. The SMILES string of the molecule is Cl.OC(CCl)CN1CC[N+]2(CC1)CC[N+]1(CCN(CC(O)CCl)CC1)CC2.[Cl-].[Cl-]. The maximum atomic E-state index is 9.76. The minimum atomic E-state index is -0.396. The number of rotatable bonds is 6. The Labute approximate surface area is 204 Å². The van der Waals surface area contributed by atoms with E-state index < -0.39 is 12.2 Å². The summed E-state index contributed by atoms with van der Waals surface area (Å²) >= 11 is 11.5. The van der Waals surface area contributed by atoms with E-state index in [1.165, 1.54) is 61.3 Å². The fourth-order valence-corrected chi connectivity index (χ4v) is 5.08. The first-order chi connectivity index (χ1) is 12.5.